The second kappa shape index (κ2) is 11.4. The molecule has 0 unspecified atom stereocenters. The van der Waals surface area contributed by atoms with E-state index in [1.54, 1.807) is 0 Å². The van der Waals surface area contributed by atoms with Gasteiger partial charge in [-0.1, -0.05) is 84.9 Å². The van der Waals surface area contributed by atoms with E-state index in [9.17, 15) is 0 Å². The highest BCUT2D eigenvalue weighted by Crippen LogP contribution is 2.43. The standard InChI is InChI=1S/C46H30N2O2/c1-3-13-33(14-4-1)47(34-15-5-2-6-16-34)36-23-26-44-42(28-36)41-25-22-38(30-46(41)50-44)48(35-20-19-31-11-7-8-12-32(31)27-35)37-21-24-40-39-17-9-10-18-43(39)49-45(40)29-37/h1-30H. The Bertz CT molecular complexity index is 2800. The number of furan rings is 2. The summed E-state index contributed by atoms with van der Waals surface area (Å²) in [5.74, 6) is 0. The van der Waals surface area contributed by atoms with Crippen LogP contribution >= 0.6 is 0 Å². The molecule has 0 aliphatic rings. The molecule has 10 aromatic rings. The first-order valence-corrected chi connectivity index (χ1v) is 16.8. The summed E-state index contributed by atoms with van der Waals surface area (Å²) in [6.07, 6.45) is 0. The number of benzene rings is 8. The average molecular weight is 643 g/mol. The van der Waals surface area contributed by atoms with E-state index in [4.69, 9.17) is 8.83 Å². The molecule has 236 valence electrons. The van der Waals surface area contributed by atoms with Gasteiger partial charge in [0.15, 0.2) is 0 Å². The summed E-state index contributed by atoms with van der Waals surface area (Å²) < 4.78 is 12.9. The Morgan fingerprint density at radius 2 is 0.720 bits per heavy atom. The summed E-state index contributed by atoms with van der Waals surface area (Å²) >= 11 is 0. The Hall–Kier alpha value is -6.78. The van der Waals surface area contributed by atoms with E-state index in [0.717, 1.165) is 78.0 Å². The van der Waals surface area contributed by atoms with Crippen LogP contribution in [0.15, 0.2) is 191 Å². The number of nitrogens with zero attached hydrogens (tertiary/aromatic N) is 2. The van der Waals surface area contributed by atoms with Gasteiger partial charge in [0.2, 0.25) is 0 Å². The minimum absolute atomic E-state index is 0.830. The molecule has 2 aromatic heterocycles. The number of hydrogen-bond donors (Lipinski definition) is 0. The van der Waals surface area contributed by atoms with Gasteiger partial charge >= 0.3 is 0 Å². The highest BCUT2D eigenvalue weighted by molar-refractivity contribution is 6.09. The minimum atomic E-state index is 0.830. The third-order valence-corrected chi connectivity index (χ3v) is 9.60. The van der Waals surface area contributed by atoms with Gasteiger partial charge in [0.25, 0.3) is 0 Å². The number of rotatable bonds is 6. The second-order valence-electron chi connectivity index (χ2n) is 12.6. The van der Waals surface area contributed by atoms with Crippen molar-refractivity contribution >= 4 is 88.8 Å². The minimum Gasteiger partial charge on any atom is -0.456 e. The highest BCUT2D eigenvalue weighted by atomic mass is 16.3. The fourth-order valence-corrected chi connectivity index (χ4v) is 7.25. The molecular formula is C46H30N2O2. The zero-order valence-electron chi connectivity index (χ0n) is 27.0. The smallest absolute Gasteiger partial charge is 0.137 e. The molecule has 0 aliphatic carbocycles. The van der Waals surface area contributed by atoms with E-state index in [-0.39, 0.29) is 0 Å². The van der Waals surface area contributed by atoms with Crippen molar-refractivity contribution in [3.8, 4) is 0 Å². The molecule has 4 heteroatoms. The lowest BCUT2D eigenvalue weighted by atomic mass is 10.1. The van der Waals surface area contributed by atoms with Crippen molar-refractivity contribution in [1.82, 2.24) is 0 Å². The Balaban J connectivity index is 1.13. The zero-order chi connectivity index (χ0) is 33.0. The van der Waals surface area contributed by atoms with Crippen molar-refractivity contribution < 1.29 is 8.83 Å². The largest absolute Gasteiger partial charge is 0.456 e. The van der Waals surface area contributed by atoms with E-state index in [1.165, 1.54) is 10.8 Å². The molecule has 0 atom stereocenters. The molecular weight excluding hydrogens is 613 g/mol. The topological polar surface area (TPSA) is 32.8 Å². The van der Waals surface area contributed by atoms with E-state index in [1.807, 2.05) is 24.3 Å². The monoisotopic (exact) mass is 642 g/mol. The summed E-state index contributed by atoms with van der Waals surface area (Å²) in [4.78, 5) is 4.56. The van der Waals surface area contributed by atoms with Crippen LogP contribution in [0, 0.1) is 0 Å². The van der Waals surface area contributed by atoms with Crippen LogP contribution in [0.25, 0.3) is 54.6 Å². The molecule has 50 heavy (non-hydrogen) atoms. The second-order valence-corrected chi connectivity index (χ2v) is 12.6. The van der Waals surface area contributed by atoms with E-state index >= 15 is 0 Å². The van der Waals surface area contributed by atoms with Gasteiger partial charge in [-0.05, 0) is 95.7 Å². The fourth-order valence-electron chi connectivity index (χ4n) is 7.25. The zero-order valence-corrected chi connectivity index (χ0v) is 27.0. The fraction of sp³-hybridized carbons (Fsp3) is 0. The molecule has 0 N–H and O–H groups in total. The molecule has 8 aromatic carbocycles. The Kier molecular flexibility index (Phi) is 6.46. The van der Waals surface area contributed by atoms with E-state index in [2.05, 4.69) is 168 Å². The van der Waals surface area contributed by atoms with Gasteiger partial charge in [0, 0.05) is 67.8 Å². The maximum atomic E-state index is 6.58. The van der Waals surface area contributed by atoms with Crippen LogP contribution in [0.3, 0.4) is 0 Å². The molecule has 0 spiro atoms. The van der Waals surface area contributed by atoms with Gasteiger partial charge in [0.1, 0.15) is 22.3 Å². The van der Waals surface area contributed by atoms with Gasteiger partial charge in [-0.2, -0.15) is 0 Å². The molecule has 4 nitrogen and oxygen atoms in total. The van der Waals surface area contributed by atoms with Gasteiger partial charge < -0.3 is 18.6 Å². The molecule has 0 bridgehead atoms. The molecule has 0 aliphatic heterocycles. The lowest BCUT2D eigenvalue weighted by Crippen LogP contribution is -2.09. The van der Waals surface area contributed by atoms with Crippen LogP contribution in [-0.4, -0.2) is 0 Å². The van der Waals surface area contributed by atoms with Crippen molar-refractivity contribution in [2.24, 2.45) is 0 Å². The predicted molar refractivity (Wildman–Crippen MR) is 208 cm³/mol. The first-order chi connectivity index (χ1) is 24.8. The maximum absolute atomic E-state index is 6.58. The Labute approximate surface area is 288 Å². The van der Waals surface area contributed by atoms with Crippen molar-refractivity contribution in [3.63, 3.8) is 0 Å². The van der Waals surface area contributed by atoms with Crippen LogP contribution in [0.1, 0.15) is 0 Å². The van der Waals surface area contributed by atoms with Gasteiger partial charge in [-0.15, -0.1) is 0 Å². The van der Waals surface area contributed by atoms with Crippen LogP contribution in [0.4, 0.5) is 34.1 Å². The van der Waals surface area contributed by atoms with Crippen molar-refractivity contribution in [1.29, 1.82) is 0 Å². The first-order valence-electron chi connectivity index (χ1n) is 16.8. The molecule has 2 heterocycles. The van der Waals surface area contributed by atoms with E-state index in [0.29, 0.717) is 0 Å². The summed E-state index contributed by atoms with van der Waals surface area (Å²) in [5.41, 5.74) is 9.74. The molecule has 0 fully saturated rings. The molecule has 0 saturated heterocycles. The van der Waals surface area contributed by atoms with Crippen LogP contribution < -0.4 is 9.80 Å². The lowest BCUT2D eigenvalue weighted by molar-refractivity contribution is 0.669. The number of hydrogen-bond acceptors (Lipinski definition) is 4. The third-order valence-electron chi connectivity index (χ3n) is 9.60. The van der Waals surface area contributed by atoms with Gasteiger partial charge in [-0.25, -0.2) is 0 Å². The predicted octanol–water partition coefficient (Wildman–Crippen LogP) is 13.6. The molecule has 0 saturated carbocycles. The van der Waals surface area contributed by atoms with E-state index < -0.39 is 0 Å². The third kappa shape index (κ3) is 4.69. The highest BCUT2D eigenvalue weighted by Gasteiger charge is 2.19. The normalized spacial score (nSPS) is 11.6. The molecule has 0 radical (unpaired) electrons. The van der Waals surface area contributed by atoms with Crippen LogP contribution in [0.2, 0.25) is 0 Å². The molecule has 0 amide bonds. The first kappa shape index (κ1) is 28.3. The van der Waals surface area contributed by atoms with Crippen molar-refractivity contribution in [2.45, 2.75) is 0 Å². The summed E-state index contributed by atoms with van der Waals surface area (Å²) in [5, 5.41) is 6.74. The quantitative estimate of drug-likeness (QED) is 0.181. The Morgan fingerprint density at radius 1 is 0.260 bits per heavy atom. The summed E-state index contributed by atoms with van der Waals surface area (Å²) in [6, 6.07) is 63.7. The number of para-hydroxylation sites is 3. The summed E-state index contributed by atoms with van der Waals surface area (Å²) in [6.45, 7) is 0. The molecule has 10 rings (SSSR count). The number of anilines is 6. The van der Waals surface area contributed by atoms with Crippen molar-refractivity contribution in [3.05, 3.63) is 182 Å². The number of fused-ring (bicyclic) bond motifs is 7. The summed E-state index contributed by atoms with van der Waals surface area (Å²) in [7, 11) is 0. The van der Waals surface area contributed by atoms with Gasteiger partial charge in [-0.3, -0.25) is 0 Å². The van der Waals surface area contributed by atoms with Crippen molar-refractivity contribution in [2.75, 3.05) is 9.80 Å². The van der Waals surface area contributed by atoms with Crippen LogP contribution in [0.5, 0.6) is 0 Å². The lowest BCUT2D eigenvalue weighted by Gasteiger charge is -2.26. The Morgan fingerprint density at radius 3 is 1.42 bits per heavy atom. The van der Waals surface area contributed by atoms with Crippen LogP contribution in [-0.2, 0) is 0 Å². The van der Waals surface area contributed by atoms with Gasteiger partial charge in [0.05, 0.1) is 0 Å². The maximum Gasteiger partial charge on any atom is 0.137 e. The SMILES string of the molecule is c1ccc(N(c2ccccc2)c2ccc3oc4cc(N(c5ccc6ccccc6c5)c5ccc6c(c5)oc5ccccc56)ccc4c3c2)cc1. The average Bonchev–Trinajstić information content (AvgIpc) is 3.73.